The number of H-pyrrole nitrogens is 1. The highest BCUT2D eigenvalue weighted by atomic mass is 16.4. The van der Waals surface area contributed by atoms with Crippen molar-refractivity contribution in [3.8, 4) is 0 Å². The van der Waals surface area contributed by atoms with E-state index >= 15 is 0 Å². The summed E-state index contributed by atoms with van der Waals surface area (Å²) >= 11 is 0. The molecule has 0 spiro atoms. The first-order chi connectivity index (χ1) is 10.9. The average Bonchev–Trinajstić information content (AvgIpc) is 2.49. The molecular weight excluding hydrogens is 300 g/mol. The highest BCUT2D eigenvalue weighted by Crippen LogP contribution is 2.04. The zero-order valence-electron chi connectivity index (χ0n) is 12.1. The molecule has 1 aromatic carbocycles. The molecule has 0 radical (unpaired) electrons. The topological polar surface area (TPSA) is 161 Å². The van der Waals surface area contributed by atoms with Crippen LogP contribution in [0.15, 0.2) is 35.3 Å². The summed E-state index contributed by atoms with van der Waals surface area (Å²) in [5, 5.41) is 8.43. The van der Waals surface area contributed by atoms with E-state index in [1.807, 2.05) is 0 Å². The minimum Gasteiger partial charge on any atom is -0.478 e. The predicted octanol–water partition coefficient (Wildman–Crippen LogP) is 0.571. The minimum atomic E-state index is -0.931. The van der Waals surface area contributed by atoms with Gasteiger partial charge in [-0.2, -0.15) is 4.98 Å². The lowest BCUT2D eigenvalue weighted by Gasteiger charge is -1.96. The van der Waals surface area contributed by atoms with Crippen molar-refractivity contribution in [3.05, 3.63) is 52.1 Å². The summed E-state index contributed by atoms with van der Waals surface area (Å²) in [5.74, 6) is -0.879. The zero-order valence-corrected chi connectivity index (χ0v) is 12.1. The van der Waals surface area contributed by atoms with Crippen LogP contribution in [-0.2, 0) is 0 Å². The standard InChI is InChI=1S/C7H7N5O.C7H7NO2/c1-3-2-9-5-4(10-3)6(13)12-7(8)11-5;8-6-3-1-5(2-4-6)7(9)10/h2H,1H3,(H3,8,9,11,12,13);1-4H,8H2,(H,9,10). The van der Waals surface area contributed by atoms with Gasteiger partial charge in [-0.1, -0.05) is 0 Å². The number of carbonyl (C=O) groups is 1. The van der Waals surface area contributed by atoms with Gasteiger partial charge in [0.25, 0.3) is 5.56 Å². The number of rotatable bonds is 1. The molecule has 118 valence electrons. The lowest BCUT2D eigenvalue weighted by atomic mass is 10.2. The molecule has 9 heteroatoms. The molecule has 0 bridgehead atoms. The molecule has 0 saturated carbocycles. The number of aryl methyl sites for hydroxylation is 1. The van der Waals surface area contributed by atoms with E-state index in [0.29, 0.717) is 11.4 Å². The molecule has 3 aromatic rings. The Bertz CT molecular complexity index is 905. The lowest BCUT2D eigenvalue weighted by molar-refractivity contribution is 0.0697. The molecule has 23 heavy (non-hydrogen) atoms. The summed E-state index contributed by atoms with van der Waals surface area (Å²) in [5.41, 5.74) is 12.3. The number of hydrogen-bond donors (Lipinski definition) is 4. The van der Waals surface area contributed by atoms with Crippen LogP contribution in [0.1, 0.15) is 16.1 Å². The first kappa shape index (κ1) is 15.9. The molecular formula is C14H14N6O3. The number of aromatic nitrogens is 4. The number of hydrogen-bond acceptors (Lipinski definition) is 7. The maximum atomic E-state index is 11.3. The van der Waals surface area contributed by atoms with E-state index in [-0.39, 0.29) is 28.2 Å². The second-order valence-corrected chi connectivity index (χ2v) is 4.56. The van der Waals surface area contributed by atoms with Gasteiger partial charge in [0.2, 0.25) is 5.95 Å². The second kappa shape index (κ2) is 6.52. The van der Waals surface area contributed by atoms with Crippen LogP contribution >= 0.6 is 0 Å². The van der Waals surface area contributed by atoms with Gasteiger partial charge in [-0.15, -0.1) is 0 Å². The number of benzene rings is 1. The number of nitrogens with one attached hydrogen (secondary N) is 1. The SMILES string of the molecule is Cc1cnc2nc(N)[nH]c(=O)c2n1.Nc1ccc(C(=O)O)cc1. The van der Waals surface area contributed by atoms with Crippen molar-refractivity contribution in [1.82, 2.24) is 19.9 Å². The number of carboxylic acid groups (broad SMARTS) is 1. The summed E-state index contributed by atoms with van der Waals surface area (Å²) in [7, 11) is 0. The zero-order chi connectivity index (χ0) is 17.0. The molecule has 0 aliphatic heterocycles. The van der Waals surface area contributed by atoms with Crippen LogP contribution < -0.4 is 17.0 Å². The van der Waals surface area contributed by atoms with Crippen LogP contribution in [0.3, 0.4) is 0 Å². The Hall–Kier alpha value is -3.49. The Morgan fingerprint density at radius 1 is 1.17 bits per heavy atom. The largest absolute Gasteiger partial charge is 0.478 e. The quantitative estimate of drug-likeness (QED) is 0.474. The third-order valence-corrected chi connectivity index (χ3v) is 2.71. The van der Waals surface area contributed by atoms with Gasteiger partial charge in [0.15, 0.2) is 11.2 Å². The fraction of sp³-hybridized carbons (Fsp3) is 0.0714. The average molecular weight is 314 g/mol. The molecule has 0 unspecified atom stereocenters. The highest BCUT2D eigenvalue weighted by Gasteiger charge is 2.03. The number of fused-ring (bicyclic) bond motifs is 1. The van der Waals surface area contributed by atoms with Gasteiger partial charge in [0.1, 0.15) is 0 Å². The van der Waals surface area contributed by atoms with Crippen molar-refractivity contribution >= 4 is 28.8 Å². The molecule has 0 aliphatic carbocycles. The molecule has 6 N–H and O–H groups in total. The third-order valence-electron chi connectivity index (χ3n) is 2.71. The molecule has 2 aromatic heterocycles. The van der Waals surface area contributed by atoms with Gasteiger partial charge in [-0.05, 0) is 31.2 Å². The molecule has 3 rings (SSSR count). The van der Waals surface area contributed by atoms with Crippen molar-refractivity contribution < 1.29 is 9.90 Å². The van der Waals surface area contributed by atoms with Crippen molar-refractivity contribution in [3.63, 3.8) is 0 Å². The number of carboxylic acids is 1. The Balaban J connectivity index is 0.000000174. The van der Waals surface area contributed by atoms with E-state index in [2.05, 4.69) is 19.9 Å². The fourth-order valence-corrected chi connectivity index (χ4v) is 1.65. The Labute approximate surface area is 130 Å². The predicted molar refractivity (Wildman–Crippen MR) is 84.9 cm³/mol. The molecule has 0 saturated heterocycles. The number of aromatic amines is 1. The van der Waals surface area contributed by atoms with Crippen molar-refractivity contribution in [1.29, 1.82) is 0 Å². The fourth-order valence-electron chi connectivity index (χ4n) is 1.65. The molecule has 0 fully saturated rings. The number of aromatic carboxylic acids is 1. The molecule has 0 aliphatic rings. The monoisotopic (exact) mass is 314 g/mol. The summed E-state index contributed by atoms with van der Waals surface area (Å²) in [6, 6.07) is 6.06. The van der Waals surface area contributed by atoms with Gasteiger partial charge in [-0.3, -0.25) is 9.78 Å². The number of nitrogen functional groups attached to an aromatic ring is 2. The number of nitrogens with two attached hydrogens (primary N) is 2. The summed E-state index contributed by atoms with van der Waals surface area (Å²) < 4.78 is 0. The first-order valence-corrected chi connectivity index (χ1v) is 6.45. The molecule has 0 atom stereocenters. The van der Waals surface area contributed by atoms with Crippen LogP contribution in [0.25, 0.3) is 11.2 Å². The van der Waals surface area contributed by atoms with Gasteiger partial charge in [0.05, 0.1) is 17.5 Å². The third kappa shape index (κ3) is 4.00. The van der Waals surface area contributed by atoms with E-state index in [9.17, 15) is 9.59 Å². The smallest absolute Gasteiger partial charge is 0.335 e. The van der Waals surface area contributed by atoms with E-state index in [1.165, 1.54) is 18.3 Å². The summed E-state index contributed by atoms with van der Waals surface area (Å²) in [6.07, 6.45) is 1.54. The van der Waals surface area contributed by atoms with Gasteiger partial charge in [-0.25, -0.2) is 14.8 Å². The van der Waals surface area contributed by atoms with Crippen LogP contribution in [0.5, 0.6) is 0 Å². The van der Waals surface area contributed by atoms with Gasteiger partial charge in [0, 0.05) is 5.69 Å². The van der Waals surface area contributed by atoms with E-state index in [1.54, 1.807) is 19.1 Å². The van der Waals surface area contributed by atoms with E-state index in [0.717, 1.165) is 0 Å². The van der Waals surface area contributed by atoms with Gasteiger partial charge < -0.3 is 16.6 Å². The Morgan fingerprint density at radius 3 is 2.43 bits per heavy atom. The van der Waals surface area contributed by atoms with Crippen LogP contribution in [0, 0.1) is 6.92 Å². The van der Waals surface area contributed by atoms with Crippen molar-refractivity contribution in [2.45, 2.75) is 6.92 Å². The Morgan fingerprint density at radius 2 is 1.83 bits per heavy atom. The first-order valence-electron chi connectivity index (χ1n) is 6.45. The molecule has 0 amide bonds. The molecule has 9 nitrogen and oxygen atoms in total. The maximum Gasteiger partial charge on any atom is 0.335 e. The second-order valence-electron chi connectivity index (χ2n) is 4.56. The number of nitrogens with zero attached hydrogens (tertiary/aromatic N) is 3. The maximum absolute atomic E-state index is 11.3. The minimum absolute atomic E-state index is 0.0515. The van der Waals surface area contributed by atoms with E-state index < -0.39 is 5.97 Å². The number of anilines is 2. The van der Waals surface area contributed by atoms with Crippen molar-refractivity contribution in [2.75, 3.05) is 11.5 Å². The highest BCUT2D eigenvalue weighted by molar-refractivity contribution is 5.87. The summed E-state index contributed by atoms with van der Waals surface area (Å²) in [4.78, 5) is 35.6. The normalized spacial score (nSPS) is 9.96. The van der Waals surface area contributed by atoms with Crippen LogP contribution in [0.4, 0.5) is 11.6 Å². The van der Waals surface area contributed by atoms with Gasteiger partial charge >= 0.3 is 5.97 Å². The van der Waals surface area contributed by atoms with E-state index in [4.69, 9.17) is 16.6 Å². The summed E-state index contributed by atoms with van der Waals surface area (Å²) in [6.45, 7) is 1.75. The lowest BCUT2D eigenvalue weighted by Crippen LogP contribution is -2.13. The van der Waals surface area contributed by atoms with Crippen molar-refractivity contribution in [2.24, 2.45) is 0 Å². The molecule has 2 heterocycles. The Kier molecular flexibility index (Phi) is 4.50. The van der Waals surface area contributed by atoms with Crippen LogP contribution in [0.2, 0.25) is 0 Å². The van der Waals surface area contributed by atoms with Crippen LogP contribution in [-0.4, -0.2) is 31.0 Å².